The summed E-state index contributed by atoms with van der Waals surface area (Å²) >= 11 is 0. The maximum absolute atomic E-state index is 12.8. The number of carbonyl (C=O) groups is 1. The number of anilines is 1. The first-order valence-corrected chi connectivity index (χ1v) is 7.22. The van der Waals surface area contributed by atoms with Crippen LogP contribution in [0.15, 0.2) is 47.1 Å². The molecular formula is C17H19NO3. The first-order chi connectivity index (χ1) is 10.2. The van der Waals surface area contributed by atoms with Crippen molar-refractivity contribution in [2.45, 2.75) is 19.9 Å². The van der Waals surface area contributed by atoms with E-state index in [0.29, 0.717) is 19.8 Å². The summed E-state index contributed by atoms with van der Waals surface area (Å²) in [4.78, 5) is 14.6. The molecule has 0 spiro atoms. The van der Waals surface area contributed by atoms with Crippen LogP contribution in [0.5, 0.6) is 0 Å². The fourth-order valence-electron chi connectivity index (χ4n) is 2.53. The van der Waals surface area contributed by atoms with Crippen LogP contribution < -0.4 is 4.90 Å². The monoisotopic (exact) mass is 285 g/mol. The second-order valence-electron chi connectivity index (χ2n) is 5.40. The Morgan fingerprint density at radius 3 is 2.71 bits per heavy atom. The van der Waals surface area contributed by atoms with E-state index in [1.165, 1.54) is 5.56 Å². The van der Waals surface area contributed by atoms with Gasteiger partial charge in [0.05, 0.1) is 25.3 Å². The van der Waals surface area contributed by atoms with Crippen LogP contribution in [-0.2, 0) is 16.1 Å². The first-order valence-electron chi connectivity index (χ1n) is 7.22. The van der Waals surface area contributed by atoms with Crippen molar-refractivity contribution in [3.8, 4) is 0 Å². The smallest absolute Gasteiger partial charge is 0.232 e. The Hall–Kier alpha value is -2.07. The molecule has 0 aliphatic carbocycles. The molecule has 2 aromatic rings. The van der Waals surface area contributed by atoms with Crippen molar-refractivity contribution in [1.29, 1.82) is 0 Å². The average molecular weight is 285 g/mol. The number of rotatable bonds is 4. The van der Waals surface area contributed by atoms with Crippen molar-refractivity contribution in [1.82, 2.24) is 0 Å². The lowest BCUT2D eigenvalue weighted by Gasteiger charge is -2.24. The van der Waals surface area contributed by atoms with Gasteiger partial charge < -0.3 is 14.1 Å². The van der Waals surface area contributed by atoms with Crippen LogP contribution in [0, 0.1) is 12.8 Å². The summed E-state index contributed by atoms with van der Waals surface area (Å²) < 4.78 is 10.7. The van der Waals surface area contributed by atoms with E-state index >= 15 is 0 Å². The molecule has 0 N–H and O–H groups in total. The molecule has 0 radical (unpaired) electrons. The zero-order valence-corrected chi connectivity index (χ0v) is 12.1. The summed E-state index contributed by atoms with van der Waals surface area (Å²) in [6.07, 6.45) is 2.42. The van der Waals surface area contributed by atoms with Crippen LogP contribution in [-0.4, -0.2) is 19.1 Å². The van der Waals surface area contributed by atoms with Gasteiger partial charge in [0.25, 0.3) is 0 Å². The topological polar surface area (TPSA) is 42.7 Å². The number of furan rings is 1. The molecule has 1 atom stereocenters. The van der Waals surface area contributed by atoms with E-state index in [1.807, 2.05) is 43.3 Å². The molecule has 110 valence electrons. The third-order valence-corrected chi connectivity index (χ3v) is 3.78. The number of nitrogens with zero attached hydrogens (tertiary/aromatic N) is 1. The molecular weight excluding hydrogens is 266 g/mol. The third-order valence-electron chi connectivity index (χ3n) is 3.78. The lowest BCUT2D eigenvalue weighted by atomic mass is 10.1. The highest BCUT2D eigenvalue weighted by molar-refractivity contribution is 5.95. The van der Waals surface area contributed by atoms with Crippen LogP contribution in [0.25, 0.3) is 0 Å². The molecule has 2 heterocycles. The highest BCUT2D eigenvalue weighted by atomic mass is 16.5. The van der Waals surface area contributed by atoms with Gasteiger partial charge >= 0.3 is 0 Å². The number of aryl methyl sites for hydroxylation is 1. The standard InChI is InChI=1S/C17H19NO3/c1-13-4-6-15(7-5-13)18(11-16-3-2-9-21-16)17(19)14-8-10-20-12-14/h2-7,9,14H,8,10-12H2,1H3. The van der Waals surface area contributed by atoms with Gasteiger partial charge in [-0.05, 0) is 37.6 Å². The van der Waals surface area contributed by atoms with Crippen LogP contribution in [0.2, 0.25) is 0 Å². The van der Waals surface area contributed by atoms with Gasteiger partial charge in [0.2, 0.25) is 5.91 Å². The predicted octanol–water partition coefficient (Wildman–Crippen LogP) is 3.16. The number of hydrogen-bond donors (Lipinski definition) is 0. The van der Waals surface area contributed by atoms with Crippen molar-refractivity contribution in [2.75, 3.05) is 18.1 Å². The van der Waals surface area contributed by atoms with E-state index < -0.39 is 0 Å². The molecule has 1 unspecified atom stereocenters. The SMILES string of the molecule is Cc1ccc(N(Cc2ccco2)C(=O)C2CCOC2)cc1. The second kappa shape index (κ2) is 6.14. The van der Waals surface area contributed by atoms with Gasteiger partial charge in [-0.25, -0.2) is 0 Å². The third kappa shape index (κ3) is 3.16. The number of hydrogen-bond acceptors (Lipinski definition) is 3. The molecule has 1 aromatic heterocycles. The molecule has 0 bridgehead atoms. The molecule has 1 aliphatic rings. The summed E-state index contributed by atoms with van der Waals surface area (Å²) in [6.45, 7) is 3.66. The molecule has 21 heavy (non-hydrogen) atoms. The quantitative estimate of drug-likeness (QED) is 0.866. The number of benzene rings is 1. The lowest BCUT2D eigenvalue weighted by molar-refractivity contribution is -0.122. The Balaban J connectivity index is 1.86. The number of carbonyl (C=O) groups excluding carboxylic acids is 1. The summed E-state index contributed by atoms with van der Waals surface area (Å²) in [5.41, 5.74) is 2.07. The highest BCUT2D eigenvalue weighted by Crippen LogP contribution is 2.24. The molecule has 3 rings (SSSR count). The van der Waals surface area contributed by atoms with Crippen LogP contribution >= 0.6 is 0 Å². The largest absolute Gasteiger partial charge is 0.467 e. The van der Waals surface area contributed by atoms with Crippen LogP contribution in [0.3, 0.4) is 0 Å². The van der Waals surface area contributed by atoms with Gasteiger partial charge in [0.15, 0.2) is 0 Å². The Labute approximate surface area is 124 Å². The van der Waals surface area contributed by atoms with E-state index in [2.05, 4.69) is 0 Å². The van der Waals surface area contributed by atoms with Crippen molar-refractivity contribution >= 4 is 11.6 Å². The van der Waals surface area contributed by atoms with E-state index in [0.717, 1.165) is 17.9 Å². The molecule has 0 saturated carbocycles. The van der Waals surface area contributed by atoms with Gasteiger partial charge in [0.1, 0.15) is 5.76 Å². The number of amides is 1. The zero-order valence-electron chi connectivity index (χ0n) is 12.1. The maximum atomic E-state index is 12.8. The predicted molar refractivity (Wildman–Crippen MR) is 80.0 cm³/mol. The minimum atomic E-state index is -0.0544. The Bertz CT molecular complexity index is 583. The van der Waals surface area contributed by atoms with Crippen molar-refractivity contribution in [2.24, 2.45) is 5.92 Å². The normalized spacial score (nSPS) is 17.9. The minimum absolute atomic E-state index is 0.0544. The van der Waals surface area contributed by atoms with Crippen molar-refractivity contribution < 1.29 is 13.9 Å². The Morgan fingerprint density at radius 1 is 1.29 bits per heavy atom. The molecule has 1 fully saturated rings. The van der Waals surface area contributed by atoms with Crippen molar-refractivity contribution in [3.63, 3.8) is 0 Å². The highest BCUT2D eigenvalue weighted by Gasteiger charge is 2.29. The van der Waals surface area contributed by atoms with E-state index in [-0.39, 0.29) is 11.8 Å². The second-order valence-corrected chi connectivity index (χ2v) is 5.40. The molecule has 1 aliphatic heterocycles. The minimum Gasteiger partial charge on any atom is -0.467 e. The fraction of sp³-hybridized carbons (Fsp3) is 0.353. The van der Waals surface area contributed by atoms with Gasteiger partial charge in [-0.15, -0.1) is 0 Å². The first kappa shape index (κ1) is 13.9. The summed E-state index contributed by atoms with van der Waals surface area (Å²) in [5.74, 6) is 0.830. The van der Waals surface area contributed by atoms with Crippen LogP contribution in [0.1, 0.15) is 17.7 Å². The average Bonchev–Trinajstić information content (AvgIpc) is 3.18. The molecule has 1 saturated heterocycles. The van der Waals surface area contributed by atoms with Crippen LogP contribution in [0.4, 0.5) is 5.69 Å². The maximum Gasteiger partial charge on any atom is 0.232 e. The van der Waals surface area contributed by atoms with Gasteiger partial charge in [-0.1, -0.05) is 17.7 Å². The van der Waals surface area contributed by atoms with E-state index in [4.69, 9.17) is 9.15 Å². The lowest BCUT2D eigenvalue weighted by Crippen LogP contribution is -2.36. The van der Waals surface area contributed by atoms with Gasteiger partial charge in [-0.2, -0.15) is 0 Å². The van der Waals surface area contributed by atoms with E-state index in [1.54, 1.807) is 11.2 Å². The molecule has 1 aromatic carbocycles. The number of ether oxygens (including phenoxy) is 1. The molecule has 4 heteroatoms. The van der Waals surface area contributed by atoms with E-state index in [9.17, 15) is 4.79 Å². The Morgan fingerprint density at radius 2 is 2.10 bits per heavy atom. The van der Waals surface area contributed by atoms with Gasteiger partial charge in [0, 0.05) is 12.3 Å². The molecule has 4 nitrogen and oxygen atoms in total. The Kier molecular flexibility index (Phi) is 4.06. The molecule has 1 amide bonds. The van der Waals surface area contributed by atoms with Crippen molar-refractivity contribution in [3.05, 3.63) is 54.0 Å². The fourth-order valence-corrected chi connectivity index (χ4v) is 2.53. The summed E-state index contributed by atoms with van der Waals surface area (Å²) in [7, 11) is 0. The zero-order chi connectivity index (χ0) is 14.7. The summed E-state index contributed by atoms with van der Waals surface area (Å²) in [5, 5.41) is 0. The van der Waals surface area contributed by atoms with Gasteiger partial charge in [-0.3, -0.25) is 4.79 Å². The summed E-state index contributed by atoms with van der Waals surface area (Å²) in [6, 6.07) is 11.7.